The zero-order valence-corrected chi connectivity index (χ0v) is 8.95. The molecule has 0 radical (unpaired) electrons. The minimum Gasteiger partial charge on any atom is -0.393 e. The standard InChI is InChI=1S/C12H22O2/c13-12-7-3-1-2-5-10(12)9-11-6-4-8-14-11/h10-13H,1-9H2. The van der Waals surface area contributed by atoms with Crippen LogP contribution >= 0.6 is 0 Å². The second kappa shape index (κ2) is 5.13. The summed E-state index contributed by atoms with van der Waals surface area (Å²) in [6, 6.07) is 0. The van der Waals surface area contributed by atoms with E-state index >= 15 is 0 Å². The van der Waals surface area contributed by atoms with Crippen molar-refractivity contribution in [1.82, 2.24) is 0 Å². The van der Waals surface area contributed by atoms with Crippen molar-refractivity contribution < 1.29 is 9.84 Å². The van der Waals surface area contributed by atoms with Crippen LogP contribution in [0.2, 0.25) is 0 Å². The Morgan fingerprint density at radius 3 is 2.64 bits per heavy atom. The summed E-state index contributed by atoms with van der Waals surface area (Å²) >= 11 is 0. The van der Waals surface area contributed by atoms with Gasteiger partial charge in [-0.2, -0.15) is 0 Å². The van der Waals surface area contributed by atoms with Crippen LogP contribution in [-0.2, 0) is 4.74 Å². The minimum atomic E-state index is -0.0540. The monoisotopic (exact) mass is 198 g/mol. The molecule has 82 valence electrons. The average Bonchev–Trinajstić information content (AvgIpc) is 2.60. The van der Waals surface area contributed by atoms with E-state index in [-0.39, 0.29) is 6.10 Å². The predicted octanol–water partition coefficient (Wildman–Crippen LogP) is 2.50. The maximum absolute atomic E-state index is 9.95. The Bertz CT molecular complexity index is 164. The van der Waals surface area contributed by atoms with E-state index in [1.54, 1.807) is 0 Å². The van der Waals surface area contributed by atoms with Gasteiger partial charge >= 0.3 is 0 Å². The molecule has 1 saturated carbocycles. The van der Waals surface area contributed by atoms with E-state index < -0.39 is 0 Å². The van der Waals surface area contributed by atoms with Crippen LogP contribution in [0.25, 0.3) is 0 Å². The number of hydrogen-bond acceptors (Lipinski definition) is 2. The second-order valence-corrected chi connectivity index (χ2v) is 4.84. The Hall–Kier alpha value is -0.0800. The molecule has 2 aliphatic rings. The number of aliphatic hydroxyl groups is 1. The lowest BCUT2D eigenvalue weighted by atomic mass is 9.90. The summed E-state index contributed by atoms with van der Waals surface area (Å²) < 4.78 is 5.63. The molecule has 3 unspecified atom stereocenters. The van der Waals surface area contributed by atoms with Crippen LogP contribution in [0.15, 0.2) is 0 Å². The van der Waals surface area contributed by atoms with Gasteiger partial charge in [0.15, 0.2) is 0 Å². The summed E-state index contributed by atoms with van der Waals surface area (Å²) in [4.78, 5) is 0. The van der Waals surface area contributed by atoms with Crippen LogP contribution in [0.5, 0.6) is 0 Å². The Morgan fingerprint density at radius 2 is 1.86 bits per heavy atom. The van der Waals surface area contributed by atoms with Gasteiger partial charge in [-0.25, -0.2) is 0 Å². The Labute approximate surface area is 86.6 Å². The lowest BCUT2D eigenvalue weighted by molar-refractivity contribution is 0.0407. The predicted molar refractivity (Wildman–Crippen MR) is 56.2 cm³/mol. The first-order valence-electron chi connectivity index (χ1n) is 6.16. The zero-order chi connectivity index (χ0) is 9.80. The highest BCUT2D eigenvalue weighted by molar-refractivity contribution is 4.77. The number of hydrogen-bond donors (Lipinski definition) is 1. The van der Waals surface area contributed by atoms with E-state index in [2.05, 4.69) is 0 Å². The van der Waals surface area contributed by atoms with Gasteiger partial charge in [-0.3, -0.25) is 0 Å². The normalized spacial score (nSPS) is 39.6. The fraction of sp³-hybridized carbons (Fsp3) is 1.00. The topological polar surface area (TPSA) is 29.5 Å². The Balaban J connectivity index is 1.81. The first-order chi connectivity index (χ1) is 6.86. The van der Waals surface area contributed by atoms with Crippen LogP contribution in [0.4, 0.5) is 0 Å². The summed E-state index contributed by atoms with van der Waals surface area (Å²) in [5.41, 5.74) is 0. The third kappa shape index (κ3) is 2.71. The molecule has 1 aliphatic heterocycles. The number of ether oxygens (including phenoxy) is 1. The van der Waals surface area contributed by atoms with Gasteiger partial charge in [0.05, 0.1) is 12.2 Å². The van der Waals surface area contributed by atoms with Gasteiger partial charge in [0.1, 0.15) is 0 Å². The quantitative estimate of drug-likeness (QED) is 0.691. The van der Waals surface area contributed by atoms with Crippen LogP contribution < -0.4 is 0 Å². The largest absolute Gasteiger partial charge is 0.393 e. The van der Waals surface area contributed by atoms with Crippen LogP contribution in [0, 0.1) is 5.92 Å². The Morgan fingerprint density at radius 1 is 1.00 bits per heavy atom. The second-order valence-electron chi connectivity index (χ2n) is 4.84. The summed E-state index contributed by atoms with van der Waals surface area (Å²) in [7, 11) is 0. The van der Waals surface area contributed by atoms with Crippen molar-refractivity contribution in [3.63, 3.8) is 0 Å². The van der Waals surface area contributed by atoms with Gasteiger partial charge in [-0.15, -0.1) is 0 Å². The summed E-state index contributed by atoms with van der Waals surface area (Å²) in [5, 5.41) is 9.95. The molecule has 2 rings (SSSR count). The molecule has 1 heterocycles. The average molecular weight is 198 g/mol. The van der Waals surface area contributed by atoms with Crippen molar-refractivity contribution in [3.8, 4) is 0 Å². The lowest BCUT2D eigenvalue weighted by Crippen LogP contribution is -2.23. The van der Waals surface area contributed by atoms with E-state index in [9.17, 15) is 5.11 Å². The summed E-state index contributed by atoms with van der Waals surface area (Å²) in [6.07, 6.45) is 9.96. The molecular weight excluding hydrogens is 176 g/mol. The van der Waals surface area contributed by atoms with Gasteiger partial charge in [-0.05, 0) is 38.0 Å². The van der Waals surface area contributed by atoms with Crippen LogP contribution in [0.1, 0.15) is 51.4 Å². The van der Waals surface area contributed by atoms with Gasteiger partial charge in [0, 0.05) is 6.61 Å². The van der Waals surface area contributed by atoms with E-state index in [4.69, 9.17) is 4.74 Å². The molecule has 0 aromatic carbocycles. The van der Waals surface area contributed by atoms with E-state index in [0.29, 0.717) is 12.0 Å². The fourth-order valence-corrected chi connectivity index (χ4v) is 2.81. The molecule has 2 heteroatoms. The van der Waals surface area contributed by atoms with E-state index in [1.807, 2.05) is 0 Å². The zero-order valence-electron chi connectivity index (χ0n) is 8.95. The molecule has 0 amide bonds. The minimum absolute atomic E-state index is 0.0540. The third-order valence-electron chi connectivity index (χ3n) is 3.71. The molecule has 0 bridgehead atoms. The Kier molecular flexibility index (Phi) is 3.82. The van der Waals surface area contributed by atoms with Crippen LogP contribution in [0.3, 0.4) is 0 Å². The summed E-state index contributed by atoms with van der Waals surface area (Å²) in [6.45, 7) is 0.938. The van der Waals surface area contributed by atoms with Crippen molar-refractivity contribution in [3.05, 3.63) is 0 Å². The molecule has 0 spiro atoms. The van der Waals surface area contributed by atoms with Crippen molar-refractivity contribution in [2.24, 2.45) is 5.92 Å². The van der Waals surface area contributed by atoms with Crippen molar-refractivity contribution in [2.45, 2.75) is 63.6 Å². The molecule has 2 fully saturated rings. The first-order valence-corrected chi connectivity index (χ1v) is 6.16. The SMILES string of the molecule is OC1CCCCCC1CC1CCCO1. The van der Waals surface area contributed by atoms with Gasteiger partial charge in [0.2, 0.25) is 0 Å². The molecule has 14 heavy (non-hydrogen) atoms. The van der Waals surface area contributed by atoms with Gasteiger partial charge in [-0.1, -0.05) is 19.3 Å². The molecule has 0 aromatic rings. The summed E-state index contributed by atoms with van der Waals surface area (Å²) in [5.74, 6) is 0.514. The molecule has 1 aliphatic carbocycles. The molecule has 0 aromatic heterocycles. The number of rotatable bonds is 2. The molecule has 1 N–H and O–H groups in total. The highest BCUT2D eigenvalue weighted by atomic mass is 16.5. The highest BCUT2D eigenvalue weighted by Gasteiger charge is 2.26. The van der Waals surface area contributed by atoms with Crippen LogP contribution in [-0.4, -0.2) is 23.9 Å². The van der Waals surface area contributed by atoms with Crippen molar-refractivity contribution in [1.29, 1.82) is 0 Å². The maximum atomic E-state index is 9.95. The van der Waals surface area contributed by atoms with Gasteiger partial charge < -0.3 is 9.84 Å². The van der Waals surface area contributed by atoms with E-state index in [1.165, 1.54) is 38.5 Å². The smallest absolute Gasteiger partial charge is 0.0579 e. The van der Waals surface area contributed by atoms with Crippen molar-refractivity contribution >= 4 is 0 Å². The molecule has 2 nitrogen and oxygen atoms in total. The lowest BCUT2D eigenvalue weighted by Gasteiger charge is -2.23. The van der Waals surface area contributed by atoms with Crippen molar-refractivity contribution in [2.75, 3.05) is 6.61 Å². The highest BCUT2D eigenvalue weighted by Crippen LogP contribution is 2.30. The molecule has 3 atom stereocenters. The third-order valence-corrected chi connectivity index (χ3v) is 3.71. The maximum Gasteiger partial charge on any atom is 0.0579 e. The molecule has 1 saturated heterocycles. The van der Waals surface area contributed by atoms with Gasteiger partial charge in [0.25, 0.3) is 0 Å². The van der Waals surface area contributed by atoms with E-state index in [0.717, 1.165) is 19.4 Å². The molecular formula is C12H22O2. The number of aliphatic hydroxyl groups excluding tert-OH is 1. The fourth-order valence-electron chi connectivity index (χ4n) is 2.81. The first kappa shape index (κ1) is 10.4.